The standard InChI is InChI=1S/C30H27Cl2N3O2.Fe.N3/c31-23-11-13-27(36)25(19-23)29(21-7-3-1-4-8-21)34-17-15-33-16-18-35-30(22-9-5-2-6-10-22)26-20-24(32)12-14-28(26)37;;1-3-2/h1-14,19-20,33,36-37H,15-18H2;;/q;+4;-1/p-2. The van der Waals surface area contributed by atoms with Gasteiger partial charge in [0.25, 0.3) is 0 Å². The van der Waals surface area contributed by atoms with E-state index in [2.05, 4.69) is 5.32 Å². The summed E-state index contributed by atoms with van der Waals surface area (Å²) in [6.45, 7) is 2.10. The average molecular weight is 628 g/mol. The summed E-state index contributed by atoms with van der Waals surface area (Å²) in [5.41, 5.74) is 17.4. The van der Waals surface area contributed by atoms with Gasteiger partial charge in [0, 0.05) is 34.3 Å². The minimum absolute atomic E-state index is 0. The molecule has 0 saturated carbocycles. The van der Waals surface area contributed by atoms with Crippen LogP contribution in [0, 0.1) is 0 Å². The van der Waals surface area contributed by atoms with Crippen molar-refractivity contribution in [3.8, 4) is 11.5 Å². The minimum Gasteiger partial charge on any atom is -0.872 e. The number of hydrogen-bond donors (Lipinski definition) is 1. The number of nitrogens with zero attached hydrogens (tertiary/aromatic N) is 5. The Bertz CT molecular complexity index is 1390. The molecule has 0 aromatic heterocycles. The summed E-state index contributed by atoms with van der Waals surface area (Å²) in [5, 5.41) is 29.3. The SMILES string of the molecule is [Fe+4].[N-]=[N+]=[N-].[O-]c1ccc(Cl)cc1C(=NCCNCCN=C(c1ccccc1)c1cc(Cl)ccc1[O-])c1ccccc1. The van der Waals surface area contributed by atoms with Crippen LogP contribution in [0.25, 0.3) is 16.0 Å². The van der Waals surface area contributed by atoms with Gasteiger partial charge in [-0.25, -0.2) is 0 Å². The molecular formula is C30H25Cl2FeN6O2+. The van der Waals surface area contributed by atoms with Crippen molar-refractivity contribution >= 4 is 34.6 Å². The summed E-state index contributed by atoms with van der Waals surface area (Å²) in [6.07, 6.45) is 0. The summed E-state index contributed by atoms with van der Waals surface area (Å²) >= 11 is 12.3. The van der Waals surface area contributed by atoms with Crippen LogP contribution in [0.3, 0.4) is 0 Å². The van der Waals surface area contributed by atoms with Crippen LogP contribution in [0.5, 0.6) is 11.5 Å². The molecule has 11 heteroatoms. The maximum absolute atomic E-state index is 12.5. The zero-order chi connectivity index (χ0) is 28.7. The Hall–Kier alpha value is -3.81. The predicted molar refractivity (Wildman–Crippen MR) is 159 cm³/mol. The third-order valence-electron chi connectivity index (χ3n) is 5.60. The Balaban J connectivity index is 0.00000141. The molecule has 0 fully saturated rings. The van der Waals surface area contributed by atoms with Gasteiger partial charge in [0.1, 0.15) is 0 Å². The number of rotatable bonds is 10. The van der Waals surface area contributed by atoms with Crippen molar-refractivity contribution in [3.63, 3.8) is 0 Å². The van der Waals surface area contributed by atoms with Crippen molar-refractivity contribution in [2.24, 2.45) is 9.98 Å². The van der Waals surface area contributed by atoms with Crippen molar-refractivity contribution in [2.45, 2.75) is 0 Å². The molecule has 1 N–H and O–H groups in total. The number of aliphatic imine (C=N–C) groups is 2. The van der Waals surface area contributed by atoms with Crippen LogP contribution >= 0.6 is 23.2 Å². The van der Waals surface area contributed by atoms with E-state index in [9.17, 15) is 10.2 Å². The summed E-state index contributed by atoms with van der Waals surface area (Å²) in [6, 6.07) is 28.6. The Morgan fingerprint density at radius 1 is 0.659 bits per heavy atom. The normalized spacial score (nSPS) is 11.1. The number of halogens is 2. The molecule has 0 aliphatic heterocycles. The van der Waals surface area contributed by atoms with Gasteiger partial charge in [0.15, 0.2) is 0 Å². The molecule has 0 saturated heterocycles. The fourth-order valence-corrected chi connectivity index (χ4v) is 4.19. The summed E-state index contributed by atoms with van der Waals surface area (Å²) < 4.78 is 0. The fourth-order valence-electron chi connectivity index (χ4n) is 3.85. The Labute approximate surface area is 259 Å². The van der Waals surface area contributed by atoms with E-state index in [1.54, 1.807) is 24.3 Å². The third-order valence-corrected chi connectivity index (χ3v) is 6.08. The molecule has 0 aliphatic carbocycles. The Morgan fingerprint density at radius 2 is 1.02 bits per heavy atom. The second-order valence-corrected chi connectivity index (χ2v) is 9.19. The van der Waals surface area contributed by atoms with Gasteiger partial charge in [-0.2, -0.15) is 0 Å². The zero-order valence-corrected chi connectivity index (χ0v) is 24.3. The van der Waals surface area contributed by atoms with E-state index in [0.29, 0.717) is 58.8 Å². The first-order valence-electron chi connectivity index (χ1n) is 12.3. The second kappa shape index (κ2) is 17.8. The minimum atomic E-state index is -0.124. The van der Waals surface area contributed by atoms with Crippen LogP contribution in [-0.2, 0) is 17.1 Å². The monoisotopic (exact) mass is 627 g/mol. The molecule has 0 radical (unpaired) electrons. The maximum atomic E-state index is 12.5. The molecule has 4 rings (SSSR count). The van der Waals surface area contributed by atoms with Crippen molar-refractivity contribution in [2.75, 3.05) is 26.2 Å². The largest absolute Gasteiger partial charge is 4.00 e. The van der Waals surface area contributed by atoms with E-state index in [1.165, 1.54) is 17.0 Å². The maximum Gasteiger partial charge on any atom is 4.00 e. The fraction of sp³-hybridized carbons (Fsp3) is 0.133. The molecule has 0 unspecified atom stereocenters. The molecule has 4 aromatic carbocycles. The van der Waals surface area contributed by atoms with Gasteiger partial charge < -0.3 is 26.6 Å². The Morgan fingerprint density at radius 3 is 1.39 bits per heavy atom. The molecule has 0 heterocycles. The van der Waals surface area contributed by atoms with Gasteiger partial charge in [-0.15, -0.1) is 0 Å². The summed E-state index contributed by atoms with van der Waals surface area (Å²) in [5.74, 6) is -0.247. The number of benzene rings is 4. The van der Waals surface area contributed by atoms with Gasteiger partial charge >= 0.3 is 17.1 Å². The second-order valence-electron chi connectivity index (χ2n) is 8.31. The van der Waals surface area contributed by atoms with Crippen LogP contribution in [0.15, 0.2) is 107 Å². The number of hydrogen-bond acceptors (Lipinski definition) is 5. The molecule has 0 amide bonds. The van der Waals surface area contributed by atoms with E-state index in [1.807, 2.05) is 60.7 Å². The molecular weight excluding hydrogens is 603 g/mol. The molecule has 0 spiro atoms. The van der Waals surface area contributed by atoms with Crippen molar-refractivity contribution in [1.82, 2.24) is 5.32 Å². The molecule has 0 atom stereocenters. The van der Waals surface area contributed by atoms with Crippen LogP contribution in [-0.4, -0.2) is 37.6 Å². The van der Waals surface area contributed by atoms with Crippen molar-refractivity contribution in [1.29, 1.82) is 0 Å². The predicted octanol–water partition coefficient (Wildman–Crippen LogP) is 5.97. The smallest absolute Gasteiger partial charge is 0.872 e. The van der Waals surface area contributed by atoms with E-state index in [4.69, 9.17) is 44.2 Å². The van der Waals surface area contributed by atoms with E-state index in [-0.39, 0.29) is 28.6 Å². The van der Waals surface area contributed by atoms with Crippen LogP contribution < -0.4 is 15.5 Å². The first-order valence-corrected chi connectivity index (χ1v) is 13.0. The first kappa shape index (κ1) is 33.4. The molecule has 8 nitrogen and oxygen atoms in total. The molecule has 0 aliphatic rings. The van der Waals surface area contributed by atoms with E-state index in [0.717, 1.165) is 11.1 Å². The molecule has 4 aromatic rings. The summed E-state index contributed by atoms with van der Waals surface area (Å²) in [4.78, 5) is 10.9. The topological polar surface area (TPSA) is 142 Å². The zero-order valence-electron chi connectivity index (χ0n) is 21.7. The van der Waals surface area contributed by atoms with Gasteiger partial charge in [-0.1, -0.05) is 107 Å². The van der Waals surface area contributed by atoms with Crippen molar-refractivity contribution < 1.29 is 27.3 Å². The van der Waals surface area contributed by atoms with Crippen LogP contribution in [0.1, 0.15) is 22.3 Å². The van der Waals surface area contributed by atoms with Gasteiger partial charge in [0.2, 0.25) is 0 Å². The van der Waals surface area contributed by atoms with E-state index >= 15 is 0 Å². The first-order chi connectivity index (χ1) is 19.4. The van der Waals surface area contributed by atoms with Crippen LogP contribution in [0.2, 0.25) is 10.0 Å². The quantitative estimate of drug-likeness (QED) is 0.0578. The van der Waals surface area contributed by atoms with E-state index < -0.39 is 0 Å². The molecule has 208 valence electrons. The van der Waals surface area contributed by atoms with Crippen molar-refractivity contribution in [3.05, 3.63) is 145 Å². The van der Waals surface area contributed by atoms with Gasteiger partial charge in [-0.05, 0) is 35.4 Å². The average Bonchev–Trinajstić information content (AvgIpc) is 2.97. The number of nitrogens with one attached hydrogen (secondary N) is 1. The third kappa shape index (κ3) is 10.3. The Kier molecular flexibility index (Phi) is 14.5. The molecule has 41 heavy (non-hydrogen) atoms. The summed E-state index contributed by atoms with van der Waals surface area (Å²) in [7, 11) is 0. The molecule has 0 bridgehead atoms. The van der Waals surface area contributed by atoms with Crippen LogP contribution in [0.4, 0.5) is 0 Å². The van der Waals surface area contributed by atoms with Gasteiger partial charge in [0.05, 0.1) is 24.5 Å². The van der Waals surface area contributed by atoms with Gasteiger partial charge in [-0.3, -0.25) is 14.9 Å².